The maximum Gasteiger partial charge on any atom is 0.0531 e. The first kappa shape index (κ1) is 15.5. The third-order valence-corrected chi connectivity index (χ3v) is 4.60. The Labute approximate surface area is 148 Å². The smallest absolute Gasteiger partial charge is 0.0531 e. The Hall–Kier alpha value is -3.06. The van der Waals surface area contributed by atoms with E-state index in [0.29, 0.717) is 0 Å². The Morgan fingerprint density at radius 2 is 1.48 bits per heavy atom. The number of rotatable bonds is 1. The Morgan fingerprint density at radius 3 is 2.32 bits per heavy atom. The van der Waals surface area contributed by atoms with Gasteiger partial charge in [-0.05, 0) is 48.7 Å². The predicted octanol–water partition coefficient (Wildman–Crippen LogP) is 6.19. The highest BCUT2D eigenvalue weighted by Crippen LogP contribution is 2.23. The number of hydrogen-bond acceptors (Lipinski definition) is 0. The van der Waals surface area contributed by atoms with Crippen molar-refractivity contribution < 1.29 is 0 Å². The maximum atomic E-state index is 2.29. The first-order chi connectivity index (χ1) is 12.3. The molecule has 0 saturated carbocycles. The molecule has 25 heavy (non-hydrogen) atoms. The molecular weight excluding hydrogens is 302 g/mol. The topological polar surface area (TPSA) is 4.93 Å². The molecule has 0 amide bonds. The molecule has 1 heteroatoms. The molecule has 0 radical (unpaired) electrons. The number of hydrogen-bond donors (Lipinski definition) is 0. The van der Waals surface area contributed by atoms with Gasteiger partial charge in [-0.2, -0.15) is 0 Å². The highest BCUT2D eigenvalue weighted by Gasteiger charge is 2.05. The first-order valence-corrected chi connectivity index (χ1v) is 8.70. The molecule has 5 rings (SSSR count). The van der Waals surface area contributed by atoms with Crippen molar-refractivity contribution in [3.05, 3.63) is 108 Å². The zero-order valence-electron chi connectivity index (χ0n) is 14.4. The molecule has 0 aliphatic heterocycles. The monoisotopic (exact) mass is 323 g/mol. The van der Waals surface area contributed by atoms with Crippen molar-refractivity contribution in [1.29, 1.82) is 0 Å². The second-order valence-electron chi connectivity index (χ2n) is 6.32. The van der Waals surface area contributed by atoms with Crippen LogP contribution in [0.25, 0.3) is 22.7 Å². The lowest BCUT2D eigenvalue weighted by Gasteiger charge is -2.07. The van der Waals surface area contributed by atoms with Crippen LogP contribution in [-0.4, -0.2) is 4.57 Å². The molecule has 1 aliphatic carbocycles. The predicted molar refractivity (Wildman–Crippen MR) is 107 cm³/mol. The minimum absolute atomic E-state index is 1.12. The first-order valence-electron chi connectivity index (χ1n) is 8.70. The standard InChI is InChI=1S/C15H13N.C9H8/c1-12-11-13-7-5-6-10-15(13)16(12)14-8-3-2-4-9-14;1-2-5-9-7-3-6-8(9)4-1/h2-11H,1H3;1-6H,7H2. The number of benzene rings is 3. The molecule has 4 aromatic rings. The Balaban J connectivity index is 0.000000147. The van der Waals surface area contributed by atoms with Crippen molar-refractivity contribution in [3.8, 4) is 5.69 Å². The summed E-state index contributed by atoms with van der Waals surface area (Å²) in [6.07, 6.45) is 5.50. The van der Waals surface area contributed by atoms with Crippen LogP contribution < -0.4 is 0 Å². The second-order valence-corrected chi connectivity index (χ2v) is 6.32. The van der Waals surface area contributed by atoms with Crippen LogP contribution in [-0.2, 0) is 6.42 Å². The summed E-state index contributed by atoms with van der Waals surface area (Å²) in [5, 5.41) is 1.30. The summed E-state index contributed by atoms with van der Waals surface area (Å²) >= 11 is 0. The van der Waals surface area contributed by atoms with Gasteiger partial charge in [-0.3, -0.25) is 0 Å². The molecule has 0 fully saturated rings. The summed E-state index contributed by atoms with van der Waals surface area (Å²) in [6, 6.07) is 29.7. The minimum Gasteiger partial charge on any atom is -0.314 e. The van der Waals surface area contributed by atoms with Crippen LogP contribution in [0.4, 0.5) is 0 Å². The molecule has 1 heterocycles. The summed E-state index contributed by atoms with van der Waals surface area (Å²) in [5.74, 6) is 0. The van der Waals surface area contributed by atoms with Crippen LogP contribution >= 0.6 is 0 Å². The largest absolute Gasteiger partial charge is 0.314 e. The third kappa shape index (κ3) is 3.14. The highest BCUT2D eigenvalue weighted by atomic mass is 15.0. The Kier molecular flexibility index (Phi) is 4.22. The molecule has 0 atom stereocenters. The number of para-hydroxylation sites is 2. The van der Waals surface area contributed by atoms with Crippen LogP contribution in [0.15, 0.2) is 91.0 Å². The molecule has 0 unspecified atom stereocenters. The molecule has 0 bridgehead atoms. The highest BCUT2D eigenvalue weighted by molar-refractivity contribution is 5.83. The Bertz CT molecular complexity index is 1020. The Morgan fingerprint density at radius 1 is 0.760 bits per heavy atom. The number of allylic oxidation sites excluding steroid dienone is 1. The molecule has 1 nitrogen and oxygen atoms in total. The maximum absolute atomic E-state index is 2.29. The lowest BCUT2D eigenvalue weighted by molar-refractivity contribution is 1.05. The van der Waals surface area contributed by atoms with Gasteiger partial charge in [0.15, 0.2) is 0 Å². The van der Waals surface area contributed by atoms with Crippen molar-refractivity contribution >= 4 is 17.0 Å². The van der Waals surface area contributed by atoms with E-state index in [1.165, 1.54) is 33.4 Å². The van der Waals surface area contributed by atoms with E-state index >= 15 is 0 Å². The molecule has 0 spiro atoms. The van der Waals surface area contributed by atoms with E-state index in [2.05, 4.69) is 103 Å². The van der Waals surface area contributed by atoms with Gasteiger partial charge in [0.25, 0.3) is 0 Å². The molecule has 1 aliphatic rings. The zero-order chi connectivity index (χ0) is 17.1. The van der Waals surface area contributed by atoms with E-state index in [0.717, 1.165) is 6.42 Å². The van der Waals surface area contributed by atoms with Crippen LogP contribution in [0.1, 0.15) is 16.8 Å². The van der Waals surface area contributed by atoms with Gasteiger partial charge in [0.1, 0.15) is 0 Å². The fourth-order valence-electron chi connectivity index (χ4n) is 3.41. The summed E-state index contributed by atoms with van der Waals surface area (Å²) in [6.45, 7) is 2.15. The summed E-state index contributed by atoms with van der Waals surface area (Å²) in [5.41, 5.74) is 6.61. The van der Waals surface area contributed by atoms with Gasteiger partial charge >= 0.3 is 0 Å². The molecular formula is C24H21N. The third-order valence-electron chi connectivity index (χ3n) is 4.60. The SMILES string of the molecule is C1=Cc2ccccc2C1.Cc1cc2ccccc2n1-c1ccccc1. The van der Waals surface area contributed by atoms with Gasteiger partial charge < -0.3 is 4.57 Å². The van der Waals surface area contributed by atoms with Crippen molar-refractivity contribution in [1.82, 2.24) is 4.57 Å². The lowest BCUT2D eigenvalue weighted by atomic mass is 10.1. The van der Waals surface area contributed by atoms with E-state index in [1.54, 1.807) is 0 Å². The van der Waals surface area contributed by atoms with Crippen LogP contribution in [0, 0.1) is 6.92 Å². The van der Waals surface area contributed by atoms with Crippen molar-refractivity contribution in [2.75, 3.05) is 0 Å². The molecule has 3 aromatic carbocycles. The summed E-state index contributed by atoms with van der Waals surface area (Å²) in [7, 11) is 0. The van der Waals surface area contributed by atoms with Crippen LogP contribution in [0.5, 0.6) is 0 Å². The average molecular weight is 323 g/mol. The summed E-state index contributed by atoms with van der Waals surface area (Å²) in [4.78, 5) is 0. The van der Waals surface area contributed by atoms with Gasteiger partial charge in [0.05, 0.1) is 5.52 Å². The molecule has 0 N–H and O–H groups in total. The van der Waals surface area contributed by atoms with E-state index in [4.69, 9.17) is 0 Å². The van der Waals surface area contributed by atoms with E-state index < -0.39 is 0 Å². The lowest BCUT2D eigenvalue weighted by Crippen LogP contribution is -1.94. The van der Waals surface area contributed by atoms with Gasteiger partial charge in [-0.25, -0.2) is 0 Å². The van der Waals surface area contributed by atoms with Gasteiger partial charge in [0.2, 0.25) is 0 Å². The van der Waals surface area contributed by atoms with E-state index in [1.807, 2.05) is 6.07 Å². The van der Waals surface area contributed by atoms with Crippen molar-refractivity contribution in [2.45, 2.75) is 13.3 Å². The molecule has 122 valence electrons. The van der Waals surface area contributed by atoms with E-state index in [-0.39, 0.29) is 0 Å². The van der Waals surface area contributed by atoms with Crippen LogP contribution in [0.3, 0.4) is 0 Å². The normalized spacial score (nSPS) is 11.9. The zero-order valence-corrected chi connectivity index (χ0v) is 14.4. The number of aromatic nitrogens is 1. The number of nitrogens with zero attached hydrogens (tertiary/aromatic N) is 1. The molecule has 0 saturated heterocycles. The van der Waals surface area contributed by atoms with Gasteiger partial charge in [-0.15, -0.1) is 0 Å². The van der Waals surface area contributed by atoms with Gasteiger partial charge in [0, 0.05) is 16.8 Å². The van der Waals surface area contributed by atoms with Gasteiger partial charge in [-0.1, -0.05) is 72.8 Å². The second kappa shape index (κ2) is 6.82. The van der Waals surface area contributed by atoms with E-state index in [9.17, 15) is 0 Å². The van der Waals surface area contributed by atoms with Crippen molar-refractivity contribution in [3.63, 3.8) is 0 Å². The van der Waals surface area contributed by atoms with Crippen LogP contribution in [0.2, 0.25) is 0 Å². The quantitative estimate of drug-likeness (QED) is 0.393. The molecule has 1 aromatic heterocycles. The summed E-state index contributed by atoms with van der Waals surface area (Å²) < 4.78 is 2.29. The van der Waals surface area contributed by atoms with Crippen molar-refractivity contribution in [2.24, 2.45) is 0 Å². The minimum atomic E-state index is 1.12. The number of aryl methyl sites for hydroxylation is 1. The fourth-order valence-corrected chi connectivity index (χ4v) is 3.41. The fraction of sp³-hybridized carbons (Fsp3) is 0.0833. The average Bonchev–Trinajstić information content (AvgIpc) is 3.26. The number of fused-ring (bicyclic) bond motifs is 2.